The summed E-state index contributed by atoms with van der Waals surface area (Å²) in [5, 5.41) is 4.01. The fourth-order valence-electron chi connectivity index (χ4n) is 1.37. The Hall–Kier alpha value is -2.21. The first-order valence-corrected chi connectivity index (χ1v) is 4.72. The second-order valence-corrected chi connectivity index (χ2v) is 3.20. The van der Waals surface area contributed by atoms with E-state index in [4.69, 9.17) is 11.5 Å². The van der Waals surface area contributed by atoms with E-state index in [1.54, 1.807) is 18.5 Å². The molecule has 0 saturated heterocycles. The van der Waals surface area contributed by atoms with Crippen molar-refractivity contribution in [3.8, 4) is 5.82 Å². The Morgan fingerprint density at radius 3 is 2.88 bits per heavy atom. The first-order valence-electron chi connectivity index (χ1n) is 4.72. The van der Waals surface area contributed by atoms with Crippen molar-refractivity contribution in [1.82, 2.24) is 14.8 Å². The van der Waals surface area contributed by atoms with Crippen LogP contribution in [0.4, 0.5) is 0 Å². The molecule has 0 unspecified atom stereocenters. The fraction of sp³-hybridized carbons (Fsp3) is 0.100. The van der Waals surface area contributed by atoms with Crippen molar-refractivity contribution in [1.29, 1.82) is 0 Å². The molecule has 0 bridgehead atoms. The number of amides is 1. The molecule has 2 aromatic heterocycles. The maximum absolute atomic E-state index is 10.9. The summed E-state index contributed by atoms with van der Waals surface area (Å²) in [7, 11) is 0. The summed E-state index contributed by atoms with van der Waals surface area (Å²) >= 11 is 0. The lowest BCUT2D eigenvalue weighted by atomic mass is 10.2. The van der Waals surface area contributed by atoms with Gasteiger partial charge in [0.25, 0.3) is 5.91 Å². The van der Waals surface area contributed by atoms with Crippen molar-refractivity contribution >= 4 is 5.91 Å². The molecular formula is C10H11N5O. The molecule has 0 aliphatic rings. The summed E-state index contributed by atoms with van der Waals surface area (Å²) in [5.74, 6) is 0.0430. The number of primary amides is 1. The highest BCUT2D eigenvalue weighted by molar-refractivity contribution is 5.90. The SMILES string of the molecule is NCc1cccnc1-n1ccc(C(N)=O)n1. The average molecular weight is 217 g/mol. The first kappa shape index (κ1) is 10.3. The predicted molar refractivity (Wildman–Crippen MR) is 57.8 cm³/mol. The van der Waals surface area contributed by atoms with Gasteiger partial charge in [-0.25, -0.2) is 9.67 Å². The van der Waals surface area contributed by atoms with Crippen LogP contribution in [-0.2, 0) is 6.54 Å². The fourth-order valence-corrected chi connectivity index (χ4v) is 1.37. The first-order chi connectivity index (χ1) is 7.72. The van der Waals surface area contributed by atoms with Crippen LogP contribution in [0, 0.1) is 0 Å². The van der Waals surface area contributed by atoms with Gasteiger partial charge in [0.05, 0.1) is 0 Å². The van der Waals surface area contributed by atoms with E-state index in [1.807, 2.05) is 6.07 Å². The Kier molecular flexibility index (Phi) is 2.65. The van der Waals surface area contributed by atoms with E-state index in [9.17, 15) is 4.79 Å². The van der Waals surface area contributed by atoms with Crippen LogP contribution in [0.3, 0.4) is 0 Å². The molecule has 6 heteroatoms. The average Bonchev–Trinajstić information content (AvgIpc) is 2.78. The van der Waals surface area contributed by atoms with Crippen LogP contribution in [0.25, 0.3) is 5.82 Å². The quantitative estimate of drug-likeness (QED) is 0.745. The number of rotatable bonds is 3. The standard InChI is InChI=1S/C10H11N5O/c11-6-7-2-1-4-13-10(7)15-5-3-8(14-15)9(12)16/h1-5H,6,11H2,(H2,12,16). The van der Waals surface area contributed by atoms with Crippen molar-refractivity contribution in [3.05, 3.63) is 41.9 Å². The van der Waals surface area contributed by atoms with Crippen molar-refractivity contribution in [2.75, 3.05) is 0 Å². The molecule has 0 fully saturated rings. The second kappa shape index (κ2) is 4.11. The number of carbonyl (C=O) groups is 1. The number of aromatic nitrogens is 3. The lowest BCUT2D eigenvalue weighted by molar-refractivity contribution is 0.0995. The van der Waals surface area contributed by atoms with Crippen LogP contribution in [0.2, 0.25) is 0 Å². The maximum atomic E-state index is 10.9. The Morgan fingerprint density at radius 1 is 1.44 bits per heavy atom. The molecule has 0 spiro atoms. The molecule has 4 N–H and O–H groups in total. The third kappa shape index (κ3) is 1.78. The zero-order valence-electron chi connectivity index (χ0n) is 8.50. The Morgan fingerprint density at radius 2 is 2.25 bits per heavy atom. The van der Waals surface area contributed by atoms with Gasteiger partial charge in [-0.15, -0.1) is 0 Å². The molecule has 0 aliphatic carbocycles. The maximum Gasteiger partial charge on any atom is 0.269 e. The molecule has 2 rings (SSSR count). The number of hydrogen-bond donors (Lipinski definition) is 2. The van der Waals surface area contributed by atoms with Gasteiger partial charge < -0.3 is 11.5 Å². The summed E-state index contributed by atoms with van der Waals surface area (Å²) < 4.78 is 1.49. The zero-order valence-corrected chi connectivity index (χ0v) is 8.50. The van der Waals surface area contributed by atoms with Crippen molar-refractivity contribution in [2.24, 2.45) is 11.5 Å². The molecule has 2 aromatic rings. The molecule has 0 aromatic carbocycles. The van der Waals surface area contributed by atoms with Crippen LogP contribution in [0.15, 0.2) is 30.6 Å². The van der Waals surface area contributed by atoms with Gasteiger partial charge in [0.15, 0.2) is 5.82 Å². The van der Waals surface area contributed by atoms with E-state index in [1.165, 1.54) is 10.7 Å². The number of carbonyl (C=O) groups excluding carboxylic acids is 1. The molecule has 0 radical (unpaired) electrons. The Balaban J connectivity index is 2.46. The molecule has 0 atom stereocenters. The summed E-state index contributed by atoms with van der Waals surface area (Å²) in [6, 6.07) is 5.19. The van der Waals surface area contributed by atoms with E-state index in [0.29, 0.717) is 12.4 Å². The third-order valence-corrected chi connectivity index (χ3v) is 2.15. The zero-order chi connectivity index (χ0) is 11.5. The van der Waals surface area contributed by atoms with E-state index >= 15 is 0 Å². The van der Waals surface area contributed by atoms with Gasteiger partial charge >= 0.3 is 0 Å². The van der Waals surface area contributed by atoms with E-state index in [2.05, 4.69) is 10.1 Å². The summed E-state index contributed by atoms with van der Waals surface area (Å²) in [6.45, 7) is 0.356. The number of pyridine rings is 1. The molecule has 0 aliphatic heterocycles. The van der Waals surface area contributed by atoms with Crippen molar-refractivity contribution in [2.45, 2.75) is 6.54 Å². The Bertz CT molecular complexity index is 519. The monoisotopic (exact) mass is 217 g/mol. The lowest BCUT2D eigenvalue weighted by Gasteiger charge is -2.05. The van der Waals surface area contributed by atoms with Gasteiger partial charge in [-0.2, -0.15) is 5.10 Å². The van der Waals surface area contributed by atoms with Gasteiger partial charge in [0.2, 0.25) is 0 Å². The summed E-state index contributed by atoms with van der Waals surface area (Å²) in [6.07, 6.45) is 3.27. The normalized spacial score (nSPS) is 10.3. The van der Waals surface area contributed by atoms with Crippen LogP contribution in [0.5, 0.6) is 0 Å². The molecular weight excluding hydrogens is 206 g/mol. The van der Waals surface area contributed by atoms with E-state index in [-0.39, 0.29) is 5.69 Å². The smallest absolute Gasteiger partial charge is 0.269 e. The number of nitrogens with two attached hydrogens (primary N) is 2. The van der Waals surface area contributed by atoms with Crippen LogP contribution in [0.1, 0.15) is 16.1 Å². The highest BCUT2D eigenvalue weighted by atomic mass is 16.1. The molecule has 82 valence electrons. The lowest BCUT2D eigenvalue weighted by Crippen LogP contribution is -2.13. The van der Waals surface area contributed by atoms with Crippen molar-refractivity contribution < 1.29 is 4.79 Å². The predicted octanol–water partition coefficient (Wildman–Crippen LogP) is -0.175. The van der Waals surface area contributed by atoms with Crippen LogP contribution in [-0.4, -0.2) is 20.7 Å². The minimum atomic E-state index is -0.566. The van der Waals surface area contributed by atoms with Gasteiger partial charge in [0, 0.05) is 24.5 Å². The van der Waals surface area contributed by atoms with Gasteiger partial charge in [-0.1, -0.05) is 6.07 Å². The summed E-state index contributed by atoms with van der Waals surface area (Å²) in [5.41, 5.74) is 11.7. The van der Waals surface area contributed by atoms with Crippen molar-refractivity contribution in [3.63, 3.8) is 0 Å². The highest BCUT2D eigenvalue weighted by Gasteiger charge is 2.08. The summed E-state index contributed by atoms with van der Waals surface area (Å²) in [4.78, 5) is 15.1. The number of nitrogens with zero attached hydrogens (tertiary/aromatic N) is 3. The van der Waals surface area contributed by atoms with Crippen LogP contribution >= 0.6 is 0 Å². The minimum absolute atomic E-state index is 0.202. The number of hydrogen-bond acceptors (Lipinski definition) is 4. The van der Waals surface area contributed by atoms with Gasteiger partial charge in [-0.05, 0) is 12.1 Å². The topological polar surface area (TPSA) is 99.8 Å². The van der Waals surface area contributed by atoms with Gasteiger partial charge in [-0.3, -0.25) is 4.79 Å². The largest absolute Gasteiger partial charge is 0.364 e. The Labute approximate surface area is 91.9 Å². The van der Waals surface area contributed by atoms with E-state index in [0.717, 1.165) is 5.56 Å². The minimum Gasteiger partial charge on any atom is -0.364 e. The van der Waals surface area contributed by atoms with E-state index < -0.39 is 5.91 Å². The molecule has 16 heavy (non-hydrogen) atoms. The molecule has 1 amide bonds. The highest BCUT2D eigenvalue weighted by Crippen LogP contribution is 2.10. The second-order valence-electron chi connectivity index (χ2n) is 3.20. The molecule has 6 nitrogen and oxygen atoms in total. The third-order valence-electron chi connectivity index (χ3n) is 2.15. The molecule has 2 heterocycles. The van der Waals surface area contributed by atoms with Crippen LogP contribution < -0.4 is 11.5 Å². The van der Waals surface area contributed by atoms with Gasteiger partial charge in [0.1, 0.15) is 5.69 Å². The molecule has 0 saturated carbocycles.